The first-order valence-corrected chi connectivity index (χ1v) is 7.20. The fraction of sp³-hybridized carbons (Fsp3) is 0.0667. The van der Waals surface area contributed by atoms with Crippen LogP contribution in [0.4, 0.5) is 5.69 Å². The molecule has 2 aromatic carbocycles. The minimum atomic E-state index is -0.532. The molecule has 0 atom stereocenters. The van der Waals surface area contributed by atoms with Gasteiger partial charge in [-0.1, -0.05) is 29.0 Å². The molecule has 0 aliphatic carbocycles. The van der Waals surface area contributed by atoms with Gasteiger partial charge in [0.1, 0.15) is 0 Å². The third-order valence-electron chi connectivity index (χ3n) is 3.28. The molecule has 3 aromatic rings. The first-order valence-electron chi connectivity index (χ1n) is 6.39. The van der Waals surface area contributed by atoms with Gasteiger partial charge in [-0.3, -0.25) is 19.7 Å². The second kappa shape index (κ2) is 5.19. The van der Waals surface area contributed by atoms with Crippen LogP contribution in [0.1, 0.15) is 15.9 Å². The van der Waals surface area contributed by atoms with Crippen LogP contribution >= 0.6 is 11.3 Å². The number of nitro groups is 1. The van der Waals surface area contributed by atoms with Crippen molar-refractivity contribution in [2.24, 2.45) is 0 Å². The van der Waals surface area contributed by atoms with Crippen molar-refractivity contribution in [3.05, 3.63) is 73.4 Å². The molecular formula is C15H10N2O4S. The van der Waals surface area contributed by atoms with Crippen LogP contribution in [0.3, 0.4) is 0 Å². The number of aromatic nitrogens is 1. The summed E-state index contributed by atoms with van der Waals surface area (Å²) < 4.78 is 1.47. The van der Waals surface area contributed by atoms with E-state index in [9.17, 15) is 19.7 Å². The van der Waals surface area contributed by atoms with Gasteiger partial charge in [0.2, 0.25) is 0 Å². The lowest BCUT2D eigenvalue weighted by molar-refractivity contribution is -0.384. The highest BCUT2D eigenvalue weighted by Gasteiger charge is 2.18. The van der Waals surface area contributed by atoms with Crippen LogP contribution < -0.4 is 4.87 Å². The van der Waals surface area contributed by atoms with Gasteiger partial charge >= 0.3 is 4.87 Å². The Labute approximate surface area is 128 Å². The summed E-state index contributed by atoms with van der Waals surface area (Å²) in [5.41, 5.74) is 1.68. The average Bonchev–Trinajstić information content (AvgIpc) is 2.82. The van der Waals surface area contributed by atoms with E-state index in [4.69, 9.17) is 0 Å². The van der Waals surface area contributed by atoms with E-state index in [-0.39, 0.29) is 5.69 Å². The number of aryl methyl sites for hydroxylation is 1. The number of nitro benzene ring substituents is 1. The van der Waals surface area contributed by atoms with E-state index in [1.54, 1.807) is 24.3 Å². The smallest absolute Gasteiger partial charge is 0.268 e. The Morgan fingerprint density at radius 1 is 1.18 bits per heavy atom. The second-order valence-corrected chi connectivity index (χ2v) is 5.78. The topological polar surface area (TPSA) is 82.2 Å². The minimum Gasteiger partial charge on any atom is -0.268 e. The molecule has 0 aliphatic rings. The van der Waals surface area contributed by atoms with E-state index in [1.807, 2.05) is 6.92 Å². The third-order valence-corrected chi connectivity index (χ3v) is 4.18. The van der Waals surface area contributed by atoms with Crippen LogP contribution in [0.2, 0.25) is 0 Å². The maximum atomic E-state index is 12.5. The van der Waals surface area contributed by atoms with Gasteiger partial charge in [-0.25, -0.2) is 4.57 Å². The van der Waals surface area contributed by atoms with Gasteiger partial charge in [0, 0.05) is 17.7 Å². The summed E-state index contributed by atoms with van der Waals surface area (Å²) in [7, 11) is 0. The molecule has 1 aromatic heterocycles. The number of carbonyl (C=O) groups is 1. The van der Waals surface area contributed by atoms with Crippen LogP contribution in [0.25, 0.3) is 10.2 Å². The van der Waals surface area contributed by atoms with Gasteiger partial charge in [0.25, 0.3) is 11.6 Å². The van der Waals surface area contributed by atoms with Crippen molar-refractivity contribution in [2.75, 3.05) is 0 Å². The Balaban J connectivity index is 2.16. The predicted molar refractivity (Wildman–Crippen MR) is 83.6 cm³/mol. The van der Waals surface area contributed by atoms with Crippen LogP contribution in [-0.4, -0.2) is 15.4 Å². The largest absolute Gasteiger partial charge is 0.315 e. The highest BCUT2D eigenvalue weighted by Crippen LogP contribution is 2.23. The zero-order valence-electron chi connectivity index (χ0n) is 11.5. The molecule has 7 heteroatoms. The molecule has 0 aliphatic heterocycles. The van der Waals surface area contributed by atoms with Gasteiger partial charge in [0.05, 0.1) is 15.1 Å². The molecule has 0 spiro atoms. The van der Waals surface area contributed by atoms with Crippen molar-refractivity contribution >= 4 is 33.1 Å². The summed E-state index contributed by atoms with van der Waals surface area (Å²) in [6, 6.07) is 10.9. The maximum absolute atomic E-state index is 12.5. The molecule has 6 nitrogen and oxygen atoms in total. The predicted octanol–water partition coefficient (Wildman–Crippen LogP) is 2.97. The number of carbonyl (C=O) groups excluding carboxylic acids is 1. The molecule has 0 N–H and O–H groups in total. The third kappa shape index (κ3) is 2.31. The summed E-state index contributed by atoms with van der Waals surface area (Å²) in [5.74, 6) is -0.440. The standard InChI is InChI=1S/C15H10N2O4S/c1-9-2-4-10(5-3-9)14(18)16-12-7-6-11(17(20)21)8-13(12)22-15(16)19/h2-8H,1H3. The molecule has 110 valence electrons. The summed E-state index contributed by atoms with van der Waals surface area (Å²) in [6.07, 6.45) is 0. The quantitative estimate of drug-likeness (QED) is 0.538. The molecule has 0 amide bonds. The van der Waals surface area contributed by atoms with Crippen molar-refractivity contribution < 1.29 is 9.72 Å². The number of benzene rings is 2. The number of nitrogens with zero attached hydrogens (tertiary/aromatic N) is 2. The van der Waals surface area contributed by atoms with Gasteiger partial charge < -0.3 is 0 Å². The van der Waals surface area contributed by atoms with Gasteiger partial charge in [-0.15, -0.1) is 0 Å². The normalized spacial score (nSPS) is 10.8. The number of hydrogen-bond acceptors (Lipinski definition) is 5. The van der Waals surface area contributed by atoms with E-state index in [0.717, 1.165) is 21.5 Å². The zero-order chi connectivity index (χ0) is 15.9. The average molecular weight is 314 g/mol. The zero-order valence-corrected chi connectivity index (χ0v) is 12.3. The summed E-state index contributed by atoms with van der Waals surface area (Å²) in [5, 5.41) is 10.8. The Morgan fingerprint density at radius 2 is 1.86 bits per heavy atom. The van der Waals surface area contributed by atoms with Crippen molar-refractivity contribution in [3.63, 3.8) is 0 Å². The molecule has 3 rings (SSSR count). The highest BCUT2D eigenvalue weighted by molar-refractivity contribution is 7.16. The molecular weight excluding hydrogens is 304 g/mol. The highest BCUT2D eigenvalue weighted by atomic mass is 32.1. The van der Waals surface area contributed by atoms with Crippen LogP contribution in [0, 0.1) is 17.0 Å². The van der Waals surface area contributed by atoms with E-state index in [0.29, 0.717) is 15.8 Å². The van der Waals surface area contributed by atoms with Crippen molar-refractivity contribution in [2.45, 2.75) is 6.92 Å². The number of fused-ring (bicyclic) bond motifs is 1. The van der Waals surface area contributed by atoms with Gasteiger partial charge in [0.15, 0.2) is 0 Å². The molecule has 0 bridgehead atoms. The van der Waals surface area contributed by atoms with Crippen molar-refractivity contribution in [1.82, 2.24) is 4.57 Å². The first-order chi connectivity index (χ1) is 10.5. The molecule has 0 saturated carbocycles. The molecule has 0 radical (unpaired) electrons. The number of hydrogen-bond donors (Lipinski definition) is 0. The maximum Gasteiger partial charge on any atom is 0.315 e. The van der Waals surface area contributed by atoms with Gasteiger partial charge in [-0.2, -0.15) is 0 Å². The van der Waals surface area contributed by atoms with E-state index < -0.39 is 15.7 Å². The van der Waals surface area contributed by atoms with Crippen molar-refractivity contribution in [3.8, 4) is 0 Å². The van der Waals surface area contributed by atoms with Gasteiger partial charge in [-0.05, 0) is 25.1 Å². The van der Waals surface area contributed by atoms with Crippen LogP contribution in [-0.2, 0) is 0 Å². The molecule has 22 heavy (non-hydrogen) atoms. The van der Waals surface area contributed by atoms with Crippen LogP contribution in [0.15, 0.2) is 47.3 Å². The Hall–Kier alpha value is -2.80. The number of thiazole rings is 1. The van der Waals surface area contributed by atoms with Crippen LogP contribution in [0.5, 0.6) is 0 Å². The lowest BCUT2D eigenvalue weighted by atomic mass is 10.1. The minimum absolute atomic E-state index is 0.108. The van der Waals surface area contributed by atoms with E-state index in [1.165, 1.54) is 18.2 Å². The summed E-state index contributed by atoms with van der Waals surface area (Å²) >= 11 is 0.819. The number of non-ortho nitro benzene ring substituents is 1. The summed E-state index contributed by atoms with van der Waals surface area (Å²) in [6.45, 7) is 1.90. The summed E-state index contributed by atoms with van der Waals surface area (Å²) in [4.78, 5) is 34.4. The molecule has 0 unspecified atom stereocenters. The van der Waals surface area contributed by atoms with Crippen molar-refractivity contribution in [1.29, 1.82) is 0 Å². The fourth-order valence-corrected chi connectivity index (χ4v) is 3.04. The molecule has 0 saturated heterocycles. The van der Waals surface area contributed by atoms with E-state index in [2.05, 4.69) is 0 Å². The second-order valence-electron chi connectivity index (χ2n) is 4.78. The monoisotopic (exact) mass is 314 g/mol. The molecule has 1 heterocycles. The Bertz CT molecular complexity index is 954. The SMILES string of the molecule is Cc1ccc(C(=O)n2c(=O)sc3cc([N+](=O)[O-])ccc32)cc1. The molecule has 0 fully saturated rings. The fourth-order valence-electron chi connectivity index (χ4n) is 2.14. The number of rotatable bonds is 2. The first kappa shape index (κ1) is 14.2. The van der Waals surface area contributed by atoms with E-state index >= 15 is 0 Å². The Morgan fingerprint density at radius 3 is 2.50 bits per heavy atom. The Kier molecular flexibility index (Phi) is 3.34. The lowest BCUT2D eigenvalue weighted by Crippen LogP contribution is -2.22. The lowest BCUT2D eigenvalue weighted by Gasteiger charge is -2.03.